The van der Waals surface area contributed by atoms with Crippen molar-refractivity contribution in [2.24, 2.45) is 5.92 Å². The van der Waals surface area contributed by atoms with Crippen LogP contribution in [0.25, 0.3) is 0 Å². The molecule has 0 aromatic heterocycles. The Bertz CT molecular complexity index is 470. The second-order valence-corrected chi connectivity index (χ2v) is 9.27. The lowest BCUT2D eigenvalue weighted by atomic mass is 9.92. The van der Waals surface area contributed by atoms with Crippen LogP contribution in [0.3, 0.4) is 0 Å². The van der Waals surface area contributed by atoms with E-state index in [9.17, 15) is 8.42 Å². The molecule has 1 atom stereocenters. The van der Waals surface area contributed by atoms with Crippen LogP contribution in [0.2, 0.25) is 0 Å². The summed E-state index contributed by atoms with van der Waals surface area (Å²) in [5.41, 5.74) is 0. The van der Waals surface area contributed by atoms with E-state index >= 15 is 0 Å². The Hall–Kier alpha value is -0.210. The Labute approximate surface area is 154 Å². The van der Waals surface area contributed by atoms with Gasteiger partial charge in [0.2, 0.25) is 0 Å². The van der Waals surface area contributed by atoms with Crippen LogP contribution in [0.4, 0.5) is 0 Å². The van der Waals surface area contributed by atoms with Gasteiger partial charge in [-0.15, -0.1) is 0 Å². The van der Waals surface area contributed by atoms with Gasteiger partial charge in [-0.3, -0.25) is 4.90 Å². The van der Waals surface area contributed by atoms with E-state index < -0.39 is 10.2 Å². The molecule has 1 heterocycles. The van der Waals surface area contributed by atoms with Crippen molar-refractivity contribution in [1.82, 2.24) is 13.9 Å². The van der Waals surface area contributed by atoms with Gasteiger partial charge in [-0.2, -0.15) is 12.7 Å². The second-order valence-electron chi connectivity index (χ2n) is 7.45. The summed E-state index contributed by atoms with van der Waals surface area (Å²) in [5, 5.41) is 0. The van der Waals surface area contributed by atoms with Crippen LogP contribution < -0.4 is 4.72 Å². The van der Waals surface area contributed by atoms with Gasteiger partial charge in [-0.1, -0.05) is 46.0 Å². The average molecular weight is 376 g/mol. The molecule has 0 bridgehead atoms. The zero-order chi connectivity index (χ0) is 18.3. The van der Waals surface area contributed by atoms with Crippen molar-refractivity contribution in [3.63, 3.8) is 0 Å². The normalized spacial score (nSPS) is 22.6. The summed E-state index contributed by atoms with van der Waals surface area (Å²) < 4.78 is 35.5. The average Bonchev–Trinajstić information content (AvgIpc) is 2.66. The maximum absolute atomic E-state index is 12.8. The number of ether oxygens (including phenoxy) is 1. The summed E-state index contributed by atoms with van der Waals surface area (Å²) in [4.78, 5) is 2.41. The van der Waals surface area contributed by atoms with E-state index in [1.165, 1.54) is 6.42 Å². The fourth-order valence-corrected chi connectivity index (χ4v) is 5.46. The highest BCUT2D eigenvalue weighted by Gasteiger charge is 2.31. The molecule has 1 saturated heterocycles. The molecule has 0 aromatic rings. The van der Waals surface area contributed by atoms with Gasteiger partial charge < -0.3 is 4.74 Å². The molecule has 1 N–H and O–H groups in total. The third-order valence-corrected chi connectivity index (χ3v) is 7.64. The largest absolute Gasteiger partial charge is 0.379 e. The Morgan fingerprint density at radius 1 is 1.12 bits per heavy atom. The van der Waals surface area contributed by atoms with Crippen LogP contribution in [0.5, 0.6) is 0 Å². The number of hydrogen-bond donors (Lipinski definition) is 1. The van der Waals surface area contributed by atoms with Gasteiger partial charge in [0.1, 0.15) is 0 Å². The first-order chi connectivity index (χ1) is 12.0. The van der Waals surface area contributed by atoms with E-state index in [4.69, 9.17) is 4.74 Å². The molecule has 148 valence electrons. The molecule has 25 heavy (non-hydrogen) atoms. The van der Waals surface area contributed by atoms with Gasteiger partial charge in [0.05, 0.1) is 13.2 Å². The van der Waals surface area contributed by atoms with Crippen molar-refractivity contribution in [2.75, 3.05) is 39.9 Å². The summed E-state index contributed by atoms with van der Waals surface area (Å²) in [6.45, 7) is 8.15. The summed E-state index contributed by atoms with van der Waals surface area (Å²) >= 11 is 0. The number of morpholine rings is 1. The first kappa shape index (κ1) is 21.1. The predicted molar refractivity (Wildman–Crippen MR) is 102 cm³/mol. The maximum atomic E-state index is 12.8. The van der Waals surface area contributed by atoms with Crippen LogP contribution in [-0.2, 0) is 14.9 Å². The van der Waals surface area contributed by atoms with Crippen molar-refractivity contribution in [3.8, 4) is 0 Å². The standard InChI is InChI=1S/C18H37N3O3S/c1-4-16(5-2)18(21-11-13-24-14-12-21)15-19-25(22,23)20(3)17-9-7-6-8-10-17/h16-19H,4-15H2,1-3H3. The molecular weight excluding hydrogens is 338 g/mol. The number of nitrogens with one attached hydrogen (secondary N) is 1. The van der Waals surface area contributed by atoms with Crippen molar-refractivity contribution in [3.05, 3.63) is 0 Å². The highest BCUT2D eigenvalue weighted by Crippen LogP contribution is 2.24. The molecule has 0 radical (unpaired) electrons. The first-order valence-electron chi connectivity index (χ1n) is 10.0. The zero-order valence-electron chi connectivity index (χ0n) is 16.2. The lowest BCUT2D eigenvalue weighted by molar-refractivity contribution is 0.00288. The summed E-state index contributed by atoms with van der Waals surface area (Å²) in [6, 6.07) is 0.398. The maximum Gasteiger partial charge on any atom is 0.279 e. The molecule has 2 rings (SSSR count). The van der Waals surface area contributed by atoms with E-state index in [1.54, 1.807) is 11.4 Å². The lowest BCUT2D eigenvalue weighted by Gasteiger charge is -2.39. The predicted octanol–water partition coefficient (Wildman–Crippen LogP) is 2.22. The molecule has 1 saturated carbocycles. The molecule has 7 heteroatoms. The van der Waals surface area contributed by atoms with E-state index in [2.05, 4.69) is 23.5 Å². The summed E-state index contributed by atoms with van der Waals surface area (Å²) in [5.74, 6) is 0.501. The molecule has 1 aliphatic heterocycles. The molecule has 1 unspecified atom stereocenters. The molecule has 2 aliphatic rings. The molecular formula is C18H37N3O3S. The quantitative estimate of drug-likeness (QED) is 0.671. The van der Waals surface area contributed by atoms with Crippen LogP contribution in [-0.4, -0.2) is 69.6 Å². The highest BCUT2D eigenvalue weighted by molar-refractivity contribution is 7.87. The van der Waals surface area contributed by atoms with Crippen LogP contribution in [0.1, 0.15) is 58.8 Å². The number of nitrogens with zero attached hydrogens (tertiary/aromatic N) is 2. The van der Waals surface area contributed by atoms with Gasteiger partial charge >= 0.3 is 0 Å². The van der Waals surface area contributed by atoms with Crippen molar-refractivity contribution in [2.45, 2.75) is 70.9 Å². The molecule has 0 amide bonds. The highest BCUT2D eigenvalue weighted by atomic mass is 32.2. The van der Waals surface area contributed by atoms with E-state index in [0.717, 1.165) is 64.8 Å². The third-order valence-electron chi connectivity index (χ3n) is 6.05. The topological polar surface area (TPSA) is 61.9 Å². The van der Waals surface area contributed by atoms with Gasteiger partial charge in [-0.05, 0) is 18.8 Å². The third kappa shape index (κ3) is 5.89. The van der Waals surface area contributed by atoms with Gasteiger partial charge in [0, 0.05) is 38.8 Å². The van der Waals surface area contributed by atoms with Crippen LogP contribution in [0, 0.1) is 5.92 Å². The van der Waals surface area contributed by atoms with Crippen molar-refractivity contribution >= 4 is 10.2 Å². The van der Waals surface area contributed by atoms with Gasteiger partial charge in [-0.25, -0.2) is 4.72 Å². The number of hydrogen-bond acceptors (Lipinski definition) is 4. The minimum absolute atomic E-state index is 0.154. The number of rotatable bonds is 9. The molecule has 2 fully saturated rings. The SMILES string of the molecule is CCC(CC)C(CNS(=O)(=O)N(C)C1CCCCC1)N1CCOCC1. The Morgan fingerprint density at radius 3 is 2.28 bits per heavy atom. The van der Waals surface area contributed by atoms with Crippen molar-refractivity contribution < 1.29 is 13.2 Å². The summed E-state index contributed by atoms with van der Waals surface area (Å²) in [6.07, 6.45) is 7.60. The van der Waals surface area contributed by atoms with Gasteiger partial charge in [0.25, 0.3) is 10.2 Å². The van der Waals surface area contributed by atoms with Gasteiger partial charge in [0.15, 0.2) is 0 Å². The minimum Gasteiger partial charge on any atom is -0.379 e. The van der Waals surface area contributed by atoms with E-state index in [1.807, 2.05) is 0 Å². The Kier molecular flexibility index (Phi) is 8.61. The Morgan fingerprint density at radius 2 is 1.72 bits per heavy atom. The lowest BCUT2D eigenvalue weighted by Crippen LogP contribution is -2.54. The van der Waals surface area contributed by atoms with E-state index in [0.29, 0.717) is 12.5 Å². The molecule has 0 aromatic carbocycles. The minimum atomic E-state index is -3.42. The second kappa shape index (κ2) is 10.2. The summed E-state index contributed by atoms with van der Waals surface area (Å²) in [7, 11) is -1.68. The molecule has 0 spiro atoms. The fourth-order valence-electron chi connectivity index (χ4n) is 4.27. The molecule has 1 aliphatic carbocycles. The fraction of sp³-hybridized carbons (Fsp3) is 1.00. The smallest absolute Gasteiger partial charge is 0.279 e. The molecule has 6 nitrogen and oxygen atoms in total. The van der Waals surface area contributed by atoms with Crippen molar-refractivity contribution in [1.29, 1.82) is 0 Å². The van der Waals surface area contributed by atoms with Crippen LogP contribution >= 0.6 is 0 Å². The van der Waals surface area contributed by atoms with Crippen LogP contribution in [0.15, 0.2) is 0 Å². The first-order valence-corrected chi connectivity index (χ1v) is 11.5. The van der Waals surface area contributed by atoms with E-state index in [-0.39, 0.29) is 12.1 Å². The zero-order valence-corrected chi connectivity index (χ0v) is 17.1. The Balaban J connectivity index is 1.99. The monoisotopic (exact) mass is 375 g/mol.